The number of carboxylic acids is 1. The van der Waals surface area contributed by atoms with Crippen LogP contribution in [-0.4, -0.2) is 34.6 Å². The van der Waals surface area contributed by atoms with Crippen LogP contribution in [0.3, 0.4) is 0 Å². The molecule has 0 aliphatic rings. The average molecular weight is 300 g/mol. The van der Waals surface area contributed by atoms with Gasteiger partial charge in [0.2, 0.25) is 0 Å². The summed E-state index contributed by atoms with van der Waals surface area (Å²) >= 11 is 0. The summed E-state index contributed by atoms with van der Waals surface area (Å²) in [7, 11) is 0. The molecule has 1 unspecified atom stereocenters. The van der Waals surface area contributed by atoms with Crippen molar-refractivity contribution >= 4 is 17.7 Å². The number of amides is 2. The van der Waals surface area contributed by atoms with Gasteiger partial charge in [-0.25, -0.2) is 13.6 Å². The molecule has 1 aromatic rings. The molecule has 1 atom stereocenters. The molecule has 0 bridgehead atoms. The lowest BCUT2D eigenvalue weighted by Crippen LogP contribution is -2.42. The number of aryl methyl sites for hydroxylation is 1. The highest BCUT2D eigenvalue weighted by atomic mass is 19.1. The van der Waals surface area contributed by atoms with Crippen LogP contribution in [0.2, 0.25) is 0 Å². The number of hydrogen-bond acceptors (Lipinski definition) is 2. The first-order valence-corrected chi connectivity index (χ1v) is 6.51. The number of hydrogen-bond donors (Lipinski definition) is 2. The van der Waals surface area contributed by atoms with Crippen LogP contribution in [0.5, 0.6) is 0 Å². The molecule has 0 aliphatic carbocycles. The number of aliphatic carboxylic acids is 1. The summed E-state index contributed by atoms with van der Waals surface area (Å²) in [5.74, 6) is -2.78. The largest absolute Gasteiger partial charge is 0.481 e. The summed E-state index contributed by atoms with van der Waals surface area (Å²) in [5.41, 5.74) is -0.325. The monoisotopic (exact) mass is 300 g/mol. The van der Waals surface area contributed by atoms with Crippen molar-refractivity contribution in [2.45, 2.75) is 33.2 Å². The zero-order chi connectivity index (χ0) is 16.2. The molecule has 0 saturated heterocycles. The van der Waals surface area contributed by atoms with Crippen molar-refractivity contribution in [1.82, 2.24) is 4.90 Å². The van der Waals surface area contributed by atoms with E-state index in [0.717, 1.165) is 6.07 Å². The SMILES string of the molecule is CCN(C(=O)Nc1c(F)ccc(C)c1F)C(C)CC(=O)O. The zero-order valence-electron chi connectivity index (χ0n) is 12.1. The van der Waals surface area contributed by atoms with Crippen LogP contribution in [0.25, 0.3) is 0 Å². The molecule has 0 saturated carbocycles. The van der Waals surface area contributed by atoms with Gasteiger partial charge in [-0.2, -0.15) is 0 Å². The Morgan fingerprint density at radius 2 is 2.00 bits per heavy atom. The van der Waals surface area contributed by atoms with E-state index >= 15 is 0 Å². The molecule has 0 aliphatic heterocycles. The van der Waals surface area contributed by atoms with Crippen LogP contribution in [0.1, 0.15) is 25.8 Å². The van der Waals surface area contributed by atoms with E-state index in [2.05, 4.69) is 5.32 Å². The lowest BCUT2D eigenvalue weighted by atomic mass is 10.2. The smallest absolute Gasteiger partial charge is 0.322 e. The van der Waals surface area contributed by atoms with Crippen molar-refractivity contribution in [3.63, 3.8) is 0 Å². The van der Waals surface area contributed by atoms with Crippen LogP contribution >= 0.6 is 0 Å². The molecular formula is C14H18F2N2O3. The molecule has 0 spiro atoms. The van der Waals surface area contributed by atoms with Gasteiger partial charge in [-0.05, 0) is 32.4 Å². The van der Waals surface area contributed by atoms with Crippen LogP contribution in [0.15, 0.2) is 12.1 Å². The first kappa shape index (κ1) is 16.9. The van der Waals surface area contributed by atoms with Crippen molar-refractivity contribution < 1.29 is 23.5 Å². The first-order chi connectivity index (χ1) is 9.77. The lowest BCUT2D eigenvalue weighted by molar-refractivity contribution is -0.137. The van der Waals surface area contributed by atoms with Crippen molar-refractivity contribution in [2.24, 2.45) is 0 Å². The van der Waals surface area contributed by atoms with Gasteiger partial charge in [0.05, 0.1) is 6.42 Å². The standard InChI is InChI=1S/C14H18F2N2O3/c1-4-18(9(3)7-11(19)20)14(21)17-13-10(15)6-5-8(2)12(13)16/h5-6,9H,4,7H2,1-3H3,(H,17,21)(H,19,20). The van der Waals surface area contributed by atoms with Gasteiger partial charge in [0, 0.05) is 12.6 Å². The number of urea groups is 1. The minimum Gasteiger partial charge on any atom is -0.481 e. The molecule has 116 valence electrons. The van der Waals surface area contributed by atoms with E-state index in [0.29, 0.717) is 0 Å². The molecule has 7 heteroatoms. The van der Waals surface area contributed by atoms with Gasteiger partial charge in [-0.15, -0.1) is 0 Å². The molecule has 2 N–H and O–H groups in total. The summed E-state index contributed by atoms with van der Waals surface area (Å²) in [6, 6.07) is 0.994. The molecule has 0 heterocycles. The van der Waals surface area contributed by atoms with Gasteiger partial charge in [0.1, 0.15) is 11.5 Å². The Hall–Kier alpha value is -2.18. The Morgan fingerprint density at radius 1 is 1.38 bits per heavy atom. The van der Waals surface area contributed by atoms with Crippen molar-refractivity contribution in [3.05, 3.63) is 29.3 Å². The maximum absolute atomic E-state index is 13.8. The van der Waals surface area contributed by atoms with E-state index in [1.165, 1.54) is 17.9 Å². The van der Waals surface area contributed by atoms with Crippen LogP contribution in [0, 0.1) is 18.6 Å². The maximum atomic E-state index is 13.8. The molecule has 2 amide bonds. The maximum Gasteiger partial charge on any atom is 0.322 e. The fraction of sp³-hybridized carbons (Fsp3) is 0.429. The second-order valence-electron chi connectivity index (χ2n) is 4.72. The third-order valence-corrected chi connectivity index (χ3v) is 3.12. The van der Waals surface area contributed by atoms with E-state index in [-0.39, 0.29) is 18.5 Å². The van der Waals surface area contributed by atoms with Gasteiger partial charge >= 0.3 is 12.0 Å². The van der Waals surface area contributed by atoms with Crippen LogP contribution in [-0.2, 0) is 4.79 Å². The summed E-state index contributed by atoms with van der Waals surface area (Å²) in [5, 5.41) is 10.9. The summed E-state index contributed by atoms with van der Waals surface area (Å²) in [4.78, 5) is 24.0. The minimum atomic E-state index is -1.05. The van der Waals surface area contributed by atoms with Gasteiger partial charge in [0.25, 0.3) is 0 Å². The van der Waals surface area contributed by atoms with Gasteiger partial charge in [-0.3, -0.25) is 4.79 Å². The predicted octanol–water partition coefficient (Wildman–Crippen LogP) is 2.99. The Labute approximate surface area is 121 Å². The molecule has 0 fully saturated rings. The summed E-state index contributed by atoms with van der Waals surface area (Å²) in [6.07, 6.45) is -0.250. The van der Waals surface area contributed by atoms with E-state index in [4.69, 9.17) is 5.11 Å². The van der Waals surface area contributed by atoms with Gasteiger partial charge in [-0.1, -0.05) is 6.07 Å². The van der Waals surface area contributed by atoms with Crippen molar-refractivity contribution in [1.29, 1.82) is 0 Å². The molecule has 21 heavy (non-hydrogen) atoms. The van der Waals surface area contributed by atoms with Crippen LogP contribution in [0.4, 0.5) is 19.3 Å². The number of carbonyl (C=O) groups excluding carboxylic acids is 1. The highest BCUT2D eigenvalue weighted by molar-refractivity contribution is 5.90. The average Bonchev–Trinajstić information content (AvgIpc) is 2.39. The number of nitrogens with one attached hydrogen (secondary N) is 1. The summed E-state index contributed by atoms with van der Waals surface area (Å²) < 4.78 is 27.4. The second kappa shape index (κ2) is 7.01. The normalized spacial score (nSPS) is 11.9. The fourth-order valence-corrected chi connectivity index (χ4v) is 1.97. The number of nitrogens with zero attached hydrogens (tertiary/aromatic N) is 1. The van der Waals surface area contributed by atoms with E-state index in [1.54, 1.807) is 13.8 Å². The number of anilines is 1. The zero-order valence-corrected chi connectivity index (χ0v) is 12.1. The van der Waals surface area contributed by atoms with Crippen molar-refractivity contribution in [2.75, 3.05) is 11.9 Å². The Morgan fingerprint density at radius 3 is 2.52 bits per heavy atom. The quantitative estimate of drug-likeness (QED) is 0.878. The Balaban J connectivity index is 2.93. The Kier molecular flexibility index (Phi) is 5.63. The van der Waals surface area contributed by atoms with Crippen LogP contribution < -0.4 is 5.32 Å². The molecular weight excluding hydrogens is 282 g/mol. The topological polar surface area (TPSA) is 69.6 Å². The van der Waals surface area contributed by atoms with Crippen molar-refractivity contribution in [3.8, 4) is 0 Å². The lowest BCUT2D eigenvalue weighted by Gasteiger charge is -2.27. The predicted molar refractivity (Wildman–Crippen MR) is 74.2 cm³/mol. The van der Waals surface area contributed by atoms with E-state index in [1.807, 2.05) is 0 Å². The number of benzene rings is 1. The molecule has 1 aromatic carbocycles. The molecule has 0 aromatic heterocycles. The third-order valence-electron chi connectivity index (χ3n) is 3.12. The number of carboxylic acid groups (broad SMARTS) is 1. The molecule has 0 radical (unpaired) electrons. The molecule has 5 nitrogen and oxygen atoms in total. The van der Waals surface area contributed by atoms with E-state index < -0.39 is 35.4 Å². The van der Waals surface area contributed by atoms with Gasteiger partial charge < -0.3 is 15.3 Å². The highest BCUT2D eigenvalue weighted by Gasteiger charge is 2.23. The van der Waals surface area contributed by atoms with Gasteiger partial charge in [0.15, 0.2) is 5.82 Å². The number of carbonyl (C=O) groups is 2. The number of rotatable bonds is 5. The second-order valence-corrected chi connectivity index (χ2v) is 4.72. The first-order valence-electron chi connectivity index (χ1n) is 6.51. The van der Waals surface area contributed by atoms with E-state index in [9.17, 15) is 18.4 Å². The highest BCUT2D eigenvalue weighted by Crippen LogP contribution is 2.22. The minimum absolute atomic E-state index is 0.202. The number of halogens is 2. The fourth-order valence-electron chi connectivity index (χ4n) is 1.97. The summed E-state index contributed by atoms with van der Waals surface area (Å²) in [6.45, 7) is 4.88. The third kappa shape index (κ3) is 4.14. The Bertz CT molecular complexity index is 549. The molecule has 1 rings (SSSR count).